The van der Waals surface area contributed by atoms with Crippen molar-refractivity contribution in [2.75, 3.05) is 12.4 Å². The lowest BCUT2D eigenvalue weighted by Gasteiger charge is -2.19. The van der Waals surface area contributed by atoms with Crippen LogP contribution in [-0.4, -0.2) is 41.8 Å². The molecule has 2 aromatic carbocycles. The monoisotopic (exact) mass is 412 g/mol. The van der Waals surface area contributed by atoms with Crippen molar-refractivity contribution in [1.82, 2.24) is 0 Å². The van der Waals surface area contributed by atoms with Gasteiger partial charge in [0.1, 0.15) is 18.9 Å². The molecule has 3 atom stereocenters. The van der Waals surface area contributed by atoms with Gasteiger partial charge in [0.15, 0.2) is 0 Å². The molecule has 150 valence electrons. The molecule has 0 spiro atoms. The summed E-state index contributed by atoms with van der Waals surface area (Å²) in [7, 11) is 0. The van der Waals surface area contributed by atoms with E-state index >= 15 is 0 Å². The van der Waals surface area contributed by atoms with E-state index in [1.807, 2.05) is 60.7 Å². The van der Waals surface area contributed by atoms with Gasteiger partial charge in [-0.3, -0.25) is 0 Å². The average Bonchev–Trinajstić information content (AvgIpc) is 3.10. The summed E-state index contributed by atoms with van der Waals surface area (Å²) in [5.41, 5.74) is 1.72. The van der Waals surface area contributed by atoms with Crippen LogP contribution in [0.3, 0.4) is 0 Å². The van der Waals surface area contributed by atoms with Crippen molar-refractivity contribution >= 4 is 35.9 Å². The average molecular weight is 412 g/mol. The van der Waals surface area contributed by atoms with E-state index in [1.165, 1.54) is 23.9 Å². The summed E-state index contributed by atoms with van der Waals surface area (Å²) in [6.07, 6.45) is 3.62. The third-order valence-corrected chi connectivity index (χ3v) is 5.60. The van der Waals surface area contributed by atoms with Crippen molar-refractivity contribution in [3.63, 3.8) is 0 Å². The fourth-order valence-electron chi connectivity index (χ4n) is 2.77. The Hall–Kier alpha value is -2.86. The van der Waals surface area contributed by atoms with Crippen LogP contribution in [0.2, 0.25) is 0 Å². The molecule has 1 aliphatic rings. The predicted molar refractivity (Wildman–Crippen MR) is 113 cm³/mol. The lowest BCUT2D eigenvalue weighted by atomic mass is 10.2. The number of esters is 2. The van der Waals surface area contributed by atoms with Crippen LogP contribution >= 0.6 is 11.8 Å². The van der Waals surface area contributed by atoms with Crippen LogP contribution in [0.5, 0.6) is 0 Å². The second-order valence-corrected chi connectivity index (χ2v) is 7.68. The van der Waals surface area contributed by atoms with Crippen molar-refractivity contribution in [2.45, 2.75) is 17.5 Å². The van der Waals surface area contributed by atoms with Crippen LogP contribution < -0.4 is 0 Å². The van der Waals surface area contributed by atoms with Gasteiger partial charge in [-0.1, -0.05) is 60.7 Å². The largest absolute Gasteiger partial charge is 0.461 e. The maximum Gasteiger partial charge on any atom is 0.331 e. The minimum absolute atomic E-state index is 0.0244. The fourth-order valence-corrected chi connectivity index (χ4v) is 3.97. The summed E-state index contributed by atoms with van der Waals surface area (Å²) < 4.78 is 24.7. The minimum atomic E-state index is -1.29. The highest BCUT2D eigenvalue weighted by Crippen LogP contribution is 2.32. The Morgan fingerprint density at radius 2 is 1.48 bits per heavy atom. The lowest BCUT2D eigenvalue weighted by molar-refractivity contribution is -0.147. The summed E-state index contributed by atoms with van der Waals surface area (Å²) in [5.74, 6) is -0.947. The molecule has 0 amide bonds. The molecule has 0 radical (unpaired) electrons. The SMILES string of the molecule is O=C(/C=C/c1ccccc1)OC[C@H]1SC[C@@H](F)C1OC(=O)/C=C/c1ccccc1. The second-order valence-electron chi connectivity index (χ2n) is 6.41. The van der Waals surface area contributed by atoms with Gasteiger partial charge >= 0.3 is 11.9 Å². The Labute approximate surface area is 173 Å². The predicted octanol–water partition coefficient (Wildman–Crippen LogP) is 4.32. The van der Waals surface area contributed by atoms with Crippen LogP contribution in [0.4, 0.5) is 4.39 Å². The number of carbonyl (C=O) groups excluding carboxylic acids is 2. The number of thioether (sulfide) groups is 1. The third kappa shape index (κ3) is 6.61. The van der Waals surface area contributed by atoms with Gasteiger partial charge in [0, 0.05) is 17.9 Å². The van der Waals surface area contributed by atoms with E-state index in [-0.39, 0.29) is 12.4 Å². The second kappa shape index (κ2) is 10.6. The van der Waals surface area contributed by atoms with E-state index in [4.69, 9.17) is 9.47 Å². The van der Waals surface area contributed by atoms with E-state index in [2.05, 4.69) is 0 Å². The van der Waals surface area contributed by atoms with Crippen LogP contribution in [0.25, 0.3) is 12.2 Å². The van der Waals surface area contributed by atoms with Gasteiger partial charge in [0.05, 0.1) is 5.25 Å². The Bertz CT molecular complexity index is 867. The molecule has 0 bridgehead atoms. The Morgan fingerprint density at radius 1 is 0.931 bits per heavy atom. The Morgan fingerprint density at radius 3 is 2.07 bits per heavy atom. The maximum absolute atomic E-state index is 14.2. The Kier molecular flexibility index (Phi) is 7.64. The molecule has 6 heteroatoms. The van der Waals surface area contributed by atoms with Crippen LogP contribution in [0.15, 0.2) is 72.8 Å². The zero-order chi connectivity index (χ0) is 20.5. The highest BCUT2D eigenvalue weighted by atomic mass is 32.2. The highest BCUT2D eigenvalue weighted by molar-refractivity contribution is 8.00. The summed E-state index contributed by atoms with van der Waals surface area (Å²) in [5, 5.41) is -0.437. The van der Waals surface area contributed by atoms with E-state index in [9.17, 15) is 14.0 Å². The van der Waals surface area contributed by atoms with Crippen molar-refractivity contribution < 1.29 is 23.5 Å². The van der Waals surface area contributed by atoms with E-state index < -0.39 is 29.5 Å². The van der Waals surface area contributed by atoms with Gasteiger partial charge in [0.25, 0.3) is 0 Å². The molecule has 0 aliphatic carbocycles. The number of benzene rings is 2. The number of hydrogen-bond acceptors (Lipinski definition) is 5. The summed E-state index contributed by atoms with van der Waals surface area (Å²) in [4.78, 5) is 24.0. The minimum Gasteiger partial charge on any atom is -0.461 e. The first kappa shape index (κ1) is 20.9. The summed E-state index contributed by atoms with van der Waals surface area (Å²) in [6, 6.07) is 18.6. The molecule has 1 unspecified atom stereocenters. The van der Waals surface area contributed by atoms with Gasteiger partial charge in [-0.2, -0.15) is 0 Å². The molecule has 1 saturated heterocycles. The number of halogens is 1. The van der Waals surface area contributed by atoms with Gasteiger partial charge < -0.3 is 9.47 Å². The molecule has 0 N–H and O–H groups in total. The molecular formula is C23H21FO4S. The van der Waals surface area contributed by atoms with Gasteiger partial charge in [-0.25, -0.2) is 14.0 Å². The number of carbonyl (C=O) groups is 2. The normalized spacial score (nSPS) is 21.5. The van der Waals surface area contributed by atoms with Crippen LogP contribution in [-0.2, 0) is 19.1 Å². The van der Waals surface area contributed by atoms with Crippen molar-refractivity contribution in [3.05, 3.63) is 83.9 Å². The number of hydrogen-bond donors (Lipinski definition) is 0. The first-order valence-electron chi connectivity index (χ1n) is 9.21. The molecule has 0 aromatic heterocycles. The lowest BCUT2D eigenvalue weighted by Crippen LogP contribution is -2.35. The first-order valence-corrected chi connectivity index (χ1v) is 10.3. The summed E-state index contributed by atoms with van der Waals surface area (Å²) in [6.45, 7) is -0.0244. The van der Waals surface area contributed by atoms with Crippen molar-refractivity contribution in [2.24, 2.45) is 0 Å². The topological polar surface area (TPSA) is 52.6 Å². The zero-order valence-electron chi connectivity index (χ0n) is 15.6. The maximum atomic E-state index is 14.2. The van der Waals surface area contributed by atoms with E-state index in [0.717, 1.165) is 11.1 Å². The molecule has 3 rings (SSSR count). The van der Waals surface area contributed by atoms with Crippen LogP contribution in [0, 0.1) is 0 Å². The molecule has 1 fully saturated rings. The number of rotatable bonds is 7. The van der Waals surface area contributed by atoms with Gasteiger partial charge in [-0.05, 0) is 23.3 Å². The molecule has 4 nitrogen and oxygen atoms in total. The Balaban J connectivity index is 1.50. The molecule has 29 heavy (non-hydrogen) atoms. The standard InChI is InChI=1S/C23H21FO4S/c24-19-16-29-20(15-27-21(25)13-11-17-7-3-1-4-8-17)23(19)28-22(26)14-12-18-9-5-2-6-10-18/h1-14,19-20,23H,15-16H2/b13-11+,14-12+/t19-,20-,23?/m1/s1. The molecule has 1 aliphatic heterocycles. The van der Waals surface area contributed by atoms with E-state index in [0.29, 0.717) is 0 Å². The highest BCUT2D eigenvalue weighted by Gasteiger charge is 2.40. The fraction of sp³-hybridized carbons (Fsp3) is 0.217. The third-order valence-electron chi connectivity index (χ3n) is 4.26. The van der Waals surface area contributed by atoms with Crippen LogP contribution in [0.1, 0.15) is 11.1 Å². The molecular weight excluding hydrogens is 391 g/mol. The number of alkyl halides is 1. The van der Waals surface area contributed by atoms with Gasteiger partial charge in [0.2, 0.25) is 0 Å². The van der Waals surface area contributed by atoms with Crippen molar-refractivity contribution in [1.29, 1.82) is 0 Å². The molecule has 0 saturated carbocycles. The molecule has 1 heterocycles. The van der Waals surface area contributed by atoms with E-state index in [1.54, 1.807) is 12.2 Å². The summed E-state index contributed by atoms with van der Waals surface area (Å²) >= 11 is 1.29. The first-order chi connectivity index (χ1) is 14.1. The van der Waals surface area contributed by atoms with Crippen molar-refractivity contribution in [3.8, 4) is 0 Å². The van der Waals surface area contributed by atoms with Gasteiger partial charge in [-0.15, -0.1) is 11.8 Å². The molecule has 2 aromatic rings. The zero-order valence-corrected chi connectivity index (χ0v) is 16.5. The quantitative estimate of drug-likeness (QED) is 0.501. The smallest absolute Gasteiger partial charge is 0.331 e. The number of ether oxygens (including phenoxy) is 2.